The van der Waals surface area contributed by atoms with Gasteiger partial charge in [-0.3, -0.25) is 14.5 Å². The number of benzene rings is 2. The van der Waals surface area contributed by atoms with Crippen molar-refractivity contribution < 1.29 is 19.1 Å². The molecule has 1 aromatic heterocycles. The van der Waals surface area contributed by atoms with Crippen LogP contribution in [-0.2, 0) is 27.4 Å². The molecule has 1 aliphatic heterocycles. The predicted octanol–water partition coefficient (Wildman–Crippen LogP) is 4.97. The van der Waals surface area contributed by atoms with Crippen LogP contribution in [0.3, 0.4) is 0 Å². The number of carbonyl (C=O) groups is 2. The van der Waals surface area contributed by atoms with E-state index in [0.717, 1.165) is 38.7 Å². The van der Waals surface area contributed by atoms with E-state index in [-0.39, 0.29) is 18.4 Å². The molecule has 1 aliphatic rings. The Balaban J connectivity index is 1.56. The summed E-state index contributed by atoms with van der Waals surface area (Å²) in [4.78, 5) is 27.9. The minimum absolute atomic E-state index is 0.0803. The number of thiocarbonyl (C=S) groups is 1. The second kappa shape index (κ2) is 12.1. The Kier molecular flexibility index (Phi) is 8.84. The van der Waals surface area contributed by atoms with Crippen molar-refractivity contribution in [2.24, 2.45) is 0 Å². The zero-order chi connectivity index (χ0) is 25.7. The van der Waals surface area contributed by atoms with Crippen molar-refractivity contribution in [1.82, 2.24) is 14.8 Å². The van der Waals surface area contributed by atoms with Crippen molar-refractivity contribution in [3.8, 4) is 5.75 Å². The van der Waals surface area contributed by atoms with Gasteiger partial charge in [0.25, 0.3) is 5.91 Å². The molecule has 36 heavy (non-hydrogen) atoms. The third kappa shape index (κ3) is 6.18. The van der Waals surface area contributed by atoms with Gasteiger partial charge in [0.05, 0.1) is 18.6 Å². The first kappa shape index (κ1) is 26.4. The number of aromatic nitrogens is 1. The second-order valence-corrected chi connectivity index (χ2v) is 10.8. The number of fused-ring (bicyclic) bond motifs is 1. The molecule has 2 heterocycles. The number of nitrogens with zero attached hydrogens (tertiary/aromatic N) is 2. The number of thioether (sulfide) groups is 1. The molecule has 1 fully saturated rings. The van der Waals surface area contributed by atoms with Crippen LogP contribution < -0.4 is 10.1 Å². The van der Waals surface area contributed by atoms with Crippen LogP contribution in [0.15, 0.2) is 58.0 Å². The lowest BCUT2D eigenvalue weighted by molar-refractivity contribution is -0.123. The van der Waals surface area contributed by atoms with Crippen molar-refractivity contribution in [1.29, 1.82) is 0 Å². The SMILES string of the molecule is COCCCNC(=O)Cn1cc(/C=C2\SC(=S)N(Cc3ccc(OC)cc3)C2=O)c2cc(Br)ccc21. The summed E-state index contributed by atoms with van der Waals surface area (Å²) in [5, 5.41) is 3.86. The van der Waals surface area contributed by atoms with Crippen LogP contribution in [0, 0.1) is 0 Å². The van der Waals surface area contributed by atoms with E-state index in [1.165, 1.54) is 11.8 Å². The molecule has 7 nitrogen and oxygen atoms in total. The lowest BCUT2D eigenvalue weighted by atomic mass is 10.1. The molecule has 0 saturated carbocycles. The standard InChI is InChI=1S/C26H26BrN3O4S2/c1-33-11-3-10-28-24(31)16-29-15-18(21-13-19(27)6-9-22(21)29)12-23-25(32)30(26(35)36-23)14-17-4-7-20(34-2)8-5-17/h4-9,12-13,15H,3,10-11,14,16H2,1-2H3,(H,28,31)/b23-12-. The maximum Gasteiger partial charge on any atom is 0.266 e. The lowest BCUT2D eigenvalue weighted by Crippen LogP contribution is -2.28. The zero-order valence-electron chi connectivity index (χ0n) is 20.0. The van der Waals surface area contributed by atoms with Gasteiger partial charge in [-0.1, -0.05) is 52.0 Å². The van der Waals surface area contributed by atoms with E-state index in [4.69, 9.17) is 21.7 Å². The van der Waals surface area contributed by atoms with Gasteiger partial charge in [-0.2, -0.15) is 0 Å². The molecule has 2 aromatic carbocycles. The molecule has 2 amide bonds. The molecule has 0 aliphatic carbocycles. The third-order valence-electron chi connectivity index (χ3n) is 5.70. The Morgan fingerprint density at radius 3 is 2.69 bits per heavy atom. The fraction of sp³-hybridized carbons (Fsp3) is 0.269. The number of hydrogen-bond donors (Lipinski definition) is 1. The van der Waals surface area contributed by atoms with Crippen LogP contribution in [0.25, 0.3) is 17.0 Å². The molecule has 0 bridgehead atoms. The first-order chi connectivity index (χ1) is 17.4. The molecule has 188 valence electrons. The highest BCUT2D eigenvalue weighted by Gasteiger charge is 2.32. The van der Waals surface area contributed by atoms with E-state index in [9.17, 15) is 9.59 Å². The first-order valence-corrected chi connectivity index (χ1v) is 13.3. The van der Waals surface area contributed by atoms with Crippen LogP contribution in [0.5, 0.6) is 5.75 Å². The van der Waals surface area contributed by atoms with E-state index >= 15 is 0 Å². The van der Waals surface area contributed by atoms with Crippen molar-refractivity contribution in [3.05, 3.63) is 69.2 Å². The largest absolute Gasteiger partial charge is 0.497 e. The van der Waals surface area contributed by atoms with Crippen LogP contribution in [0.1, 0.15) is 17.5 Å². The number of carbonyl (C=O) groups excluding carboxylic acids is 2. The number of amides is 2. The summed E-state index contributed by atoms with van der Waals surface area (Å²) >= 11 is 10.3. The van der Waals surface area contributed by atoms with E-state index in [1.54, 1.807) is 19.1 Å². The lowest BCUT2D eigenvalue weighted by Gasteiger charge is -2.14. The molecule has 10 heteroatoms. The molecule has 0 atom stereocenters. The maximum atomic E-state index is 13.2. The highest BCUT2D eigenvalue weighted by Crippen LogP contribution is 2.36. The average Bonchev–Trinajstić information content (AvgIpc) is 3.33. The fourth-order valence-electron chi connectivity index (χ4n) is 3.89. The molecule has 1 N–H and O–H groups in total. The molecular formula is C26H26BrN3O4S2. The van der Waals surface area contributed by atoms with Gasteiger partial charge in [0.2, 0.25) is 5.91 Å². The second-order valence-electron chi connectivity index (χ2n) is 8.19. The van der Waals surface area contributed by atoms with Gasteiger partial charge in [-0.15, -0.1) is 0 Å². The van der Waals surface area contributed by atoms with Crippen LogP contribution in [0.2, 0.25) is 0 Å². The number of hydrogen-bond acceptors (Lipinski definition) is 6. The molecule has 3 aromatic rings. The Hall–Kier alpha value is -2.66. The molecule has 0 unspecified atom stereocenters. The first-order valence-electron chi connectivity index (χ1n) is 11.3. The molecule has 0 radical (unpaired) electrons. The predicted molar refractivity (Wildman–Crippen MR) is 151 cm³/mol. The molecule has 0 spiro atoms. The monoisotopic (exact) mass is 587 g/mol. The summed E-state index contributed by atoms with van der Waals surface area (Å²) in [6.45, 7) is 1.72. The average molecular weight is 589 g/mol. The molecule has 1 saturated heterocycles. The summed E-state index contributed by atoms with van der Waals surface area (Å²) in [5.74, 6) is 0.547. The van der Waals surface area contributed by atoms with Crippen LogP contribution in [0.4, 0.5) is 0 Å². The van der Waals surface area contributed by atoms with Crippen molar-refractivity contribution >= 4 is 73.0 Å². The van der Waals surface area contributed by atoms with Crippen LogP contribution >= 0.6 is 39.9 Å². The number of methoxy groups -OCH3 is 2. The Bertz CT molecular complexity index is 1320. The minimum atomic E-state index is -0.132. The van der Waals surface area contributed by atoms with Gasteiger partial charge in [0.15, 0.2) is 0 Å². The zero-order valence-corrected chi connectivity index (χ0v) is 23.2. The van der Waals surface area contributed by atoms with Crippen LogP contribution in [-0.4, -0.2) is 53.0 Å². The van der Waals surface area contributed by atoms with Gasteiger partial charge in [-0.05, 0) is 48.4 Å². The van der Waals surface area contributed by atoms with Gasteiger partial charge in [-0.25, -0.2) is 0 Å². The highest BCUT2D eigenvalue weighted by atomic mass is 79.9. The Labute approximate surface area is 227 Å². The van der Waals surface area contributed by atoms with Gasteiger partial charge >= 0.3 is 0 Å². The number of nitrogens with one attached hydrogen (secondary N) is 1. The van der Waals surface area contributed by atoms with E-state index in [0.29, 0.717) is 28.9 Å². The summed E-state index contributed by atoms with van der Waals surface area (Å²) in [6, 6.07) is 13.5. The quantitative estimate of drug-likeness (QED) is 0.205. The number of halogens is 1. The van der Waals surface area contributed by atoms with Crippen molar-refractivity contribution in [3.63, 3.8) is 0 Å². The molecular weight excluding hydrogens is 562 g/mol. The number of rotatable bonds is 10. The summed E-state index contributed by atoms with van der Waals surface area (Å²) < 4.78 is 13.6. The van der Waals surface area contributed by atoms with Gasteiger partial charge < -0.3 is 19.4 Å². The maximum absolute atomic E-state index is 13.2. The summed E-state index contributed by atoms with van der Waals surface area (Å²) in [5.41, 5.74) is 2.72. The third-order valence-corrected chi connectivity index (χ3v) is 7.57. The van der Waals surface area contributed by atoms with E-state index in [1.807, 2.05) is 59.3 Å². The van der Waals surface area contributed by atoms with Crippen molar-refractivity contribution in [2.75, 3.05) is 27.4 Å². The summed E-state index contributed by atoms with van der Waals surface area (Å²) in [7, 11) is 3.26. The minimum Gasteiger partial charge on any atom is -0.497 e. The Morgan fingerprint density at radius 2 is 1.97 bits per heavy atom. The summed E-state index contributed by atoms with van der Waals surface area (Å²) in [6.07, 6.45) is 4.52. The van der Waals surface area contributed by atoms with E-state index < -0.39 is 0 Å². The fourth-order valence-corrected chi connectivity index (χ4v) is 5.50. The normalized spacial score (nSPS) is 14.8. The number of ether oxygens (including phenoxy) is 2. The Morgan fingerprint density at radius 1 is 1.19 bits per heavy atom. The van der Waals surface area contributed by atoms with Crippen molar-refractivity contribution in [2.45, 2.75) is 19.5 Å². The molecule has 4 rings (SSSR count). The van der Waals surface area contributed by atoms with Gasteiger partial charge in [0.1, 0.15) is 16.6 Å². The topological polar surface area (TPSA) is 72.8 Å². The van der Waals surface area contributed by atoms with E-state index in [2.05, 4.69) is 21.2 Å². The highest BCUT2D eigenvalue weighted by molar-refractivity contribution is 9.10. The van der Waals surface area contributed by atoms with Gasteiger partial charge in [0, 0.05) is 47.4 Å². The smallest absolute Gasteiger partial charge is 0.266 e.